The first-order valence-electron chi connectivity index (χ1n) is 7.21. The lowest BCUT2D eigenvalue weighted by atomic mass is 9.87. The van der Waals surface area contributed by atoms with Crippen LogP contribution in [0.15, 0.2) is 24.3 Å². The van der Waals surface area contributed by atoms with E-state index in [2.05, 4.69) is 6.92 Å². The molecule has 0 bridgehead atoms. The Kier molecular flexibility index (Phi) is 4.99. The second kappa shape index (κ2) is 6.73. The minimum atomic E-state index is -0.436. The van der Waals surface area contributed by atoms with Gasteiger partial charge in [-0.05, 0) is 43.7 Å². The molecular formula is C16H22FNO2. The SMILES string of the molecule is CC1CCC(N(C)C(=O)COc2ccccc2F)CC1. The molecule has 0 spiro atoms. The number of rotatable bonds is 4. The van der Waals surface area contributed by atoms with Gasteiger partial charge in [-0.3, -0.25) is 4.79 Å². The Hall–Kier alpha value is -1.58. The first-order chi connectivity index (χ1) is 9.58. The molecule has 0 radical (unpaired) electrons. The van der Waals surface area contributed by atoms with Gasteiger partial charge in [0.1, 0.15) is 0 Å². The zero-order chi connectivity index (χ0) is 14.5. The zero-order valence-corrected chi connectivity index (χ0v) is 12.1. The molecule has 1 aromatic rings. The summed E-state index contributed by atoms with van der Waals surface area (Å²) in [5.74, 6) is 0.359. The van der Waals surface area contributed by atoms with Gasteiger partial charge in [0.25, 0.3) is 5.91 Å². The molecule has 1 saturated carbocycles. The maximum absolute atomic E-state index is 13.4. The average molecular weight is 279 g/mol. The van der Waals surface area contributed by atoms with E-state index >= 15 is 0 Å². The summed E-state index contributed by atoms with van der Waals surface area (Å²) in [5.41, 5.74) is 0. The Bertz CT molecular complexity index is 456. The third kappa shape index (κ3) is 3.71. The van der Waals surface area contributed by atoms with Crippen LogP contribution in [0.3, 0.4) is 0 Å². The molecule has 110 valence electrons. The van der Waals surface area contributed by atoms with Gasteiger partial charge in [-0.1, -0.05) is 19.1 Å². The number of para-hydroxylation sites is 1. The van der Waals surface area contributed by atoms with Crippen molar-refractivity contribution in [2.75, 3.05) is 13.7 Å². The molecule has 4 heteroatoms. The van der Waals surface area contributed by atoms with E-state index in [0.29, 0.717) is 6.04 Å². The van der Waals surface area contributed by atoms with Crippen molar-refractivity contribution in [3.8, 4) is 5.75 Å². The van der Waals surface area contributed by atoms with Crippen LogP contribution < -0.4 is 4.74 Å². The molecule has 0 atom stereocenters. The van der Waals surface area contributed by atoms with Crippen LogP contribution >= 0.6 is 0 Å². The van der Waals surface area contributed by atoms with E-state index in [1.54, 1.807) is 17.0 Å². The first kappa shape index (κ1) is 14.8. The fourth-order valence-electron chi connectivity index (χ4n) is 2.64. The smallest absolute Gasteiger partial charge is 0.260 e. The van der Waals surface area contributed by atoms with Crippen molar-refractivity contribution in [3.63, 3.8) is 0 Å². The Balaban J connectivity index is 1.84. The lowest BCUT2D eigenvalue weighted by Crippen LogP contribution is -2.41. The summed E-state index contributed by atoms with van der Waals surface area (Å²) in [6, 6.07) is 6.44. The molecular weight excluding hydrogens is 257 g/mol. The van der Waals surface area contributed by atoms with Gasteiger partial charge < -0.3 is 9.64 Å². The highest BCUT2D eigenvalue weighted by atomic mass is 19.1. The van der Waals surface area contributed by atoms with E-state index in [4.69, 9.17) is 4.74 Å². The van der Waals surface area contributed by atoms with Crippen molar-refractivity contribution in [2.24, 2.45) is 5.92 Å². The highest BCUT2D eigenvalue weighted by Crippen LogP contribution is 2.26. The van der Waals surface area contributed by atoms with Crippen molar-refractivity contribution in [3.05, 3.63) is 30.1 Å². The number of ether oxygens (including phenoxy) is 1. The molecule has 1 aliphatic rings. The van der Waals surface area contributed by atoms with Crippen molar-refractivity contribution < 1.29 is 13.9 Å². The largest absolute Gasteiger partial charge is 0.481 e. The first-order valence-corrected chi connectivity index (χ1v) is 7.21. The van der Waals surface area contributed by atoms with Crippen LogP contribution in [-0.4, -0.2) is 30.5 Å². The summed E-state index contributed by atoms with van der Waals surface area (Å²) >= 11 is 0. The van der Waals surface area contributed by atoms with Crippen LogP contribution in [0.4, 0.5) is 4.39 Å². The van der Waals surface area contributed by atoms with Crippen molar-refractivity contribution in [1.82, 2.24) is 4.90 Å². The van der Waals surface area contributed by atoms with Crippen molar-refractivity contribution >= 4 is 5.91 Å². The number of nitrogens with zero attached hydrogens (tertiary/aromatic N) is 1. The third-order valence-electron chi connectivity index (χ3n) is 4.11. The van der Waals surface area contributed by atoms with Crippen molar-refractivity contribution in [2.45, 2.75) is 38.6 Å². The van der Waals surface area contributed by atoms with Crippen LogP contribution in [0.25, 0.3) is 0 Å². The molecule has 1 amide bonds. The lowest BCUT2D eigenvalue weighted by Gasteiger charge is -2.33. The molecule has 1 aromatic carbocycles. The molecule has 1 fully saturated rings. The molecule has 0 aliphatic heterocycles. The molecule has 0 saturated heterocycles. The Morgan fingerprint density at radius 3 is 2.60 bits per heavy atom. The molecule has 0 N–H and O–H groups in total. The minimum absolute atomic E-state index is 0.0900. The van der Waals surface area contributed by atoms with Gasteiger partial charge in [0.05, 0.1) is 0 Å². The number of carbonyl (C=O) groups is 1. The number of likely N-dealkylation sites (N-methyl/N-ethyl adjacent to an activating group) is 1. The number of hydrogen-bond acceptors (Lipinski definition) is 2. The molecule has 20 heavy (non-hydrogen) atoms. The van der Waals surface area contributed by atoms with Crippen LogP contribution in [0.5, 0.6) is 5.75 Å². The molecule has 1 aliphatic carbocycles. The topological polar surface area (TPSA) is 29.5 Å². The van der Waals surface area contributed by atoms with Gasteiger partial charge in [-0.15, -0.1) is 0 Å². The highest BCUT2D eigenvalue weighted by molar-refractivity contribution is 5.77. The van der Waals surface area contributed by atoms with Gasteiger partial charge in [0.2, 0.25) is 0 Å². The Morgan fingerprint density at radius 2 is 1.95 bits per heavy atom. The summed E-state index contributed by atoms with van der Waals surface area (Å²) in [4.78, 5) is 13.8. The van der Waals surface area contributed by atoms with Crippen molar-refractivity contribution in [1.29, 1.82) is 0 Å². The monoisotopic (exact) mass is 279 g/mol. The molecule has 0 heterocycles. The summed E-state index contributed by atoms with van der Waals surface area (Å²) in [6.45, 7) is 2.14. The van der Waals surface area contributed by atoms with Crippen LogP contribution in [-0.2, 0) is 4.79 Å². The number of hydrogen-bond donors (Lipinski definition) is 0. The molecule has 0 unspecified atom stereocenters. The minimum Gasteiger partial charge on any atom is -0.481 e. The predicted molar refractivity (Wildman–Crippen MR) is 76.1 cm³/mol. The number of halogens is 1. The average Bonchev–Trinajstić information content (AvgIpc) is 2.46. The maximum Gasteiger partial charge on any atom is 0.260 e. The van der Waals surface area contributed by atoms with Gasteiger partial charge in [-0.2, -0.15) is 0 Å². The number of carbonyl (C=O) groups excluding carboxylic acids is 1. The van der Waals surface area contributed by atoms with E-state index in [0.717, 1.165) is 31.6 Å². The number of amides is 1. The van der Waals surface area contributed by atoms with E-state index in [1.807, 2.05) is 7.05 Å². The zero-order valence-electron chi connectivity index (χ0n) is 12.1. The fraction of sp³-hybridized carbons (Fsp3) is 0.562. The number of benzene rings is 1. The van der Waals surface area contributed by atoms with E-state index in [9.17, 15) is 9.18 Å². The highest BCUT2D eigenvalue weighted by Gasteiger charge is 2.25. The standard InChI is InChI=1S/C16H22FNO2/c1-12-7-9-13(10-8-12)18(2)16(19)11-20-15-6-4-3-5-14(15)17/h3-6,12-13H,7-11H2,1-2H3. The van der Waals surface area contributed by atoms with Gasteiger partial charge in [0, 0.05) is 13.1 Å². The van der Waals surface area contributed by atoms with Crippen LogP contribution in [0.1, 0.15) is 32.6 Å². The third-order valence-corrected chi connectivity index (χ3v) is 4.11. The van der Waals surface area contributed by atoms with Gasteiger partial charge in [-0.25, -0.2) is 4.39 Å². The van der Waals surface area contributed by atoms with Gasteiger partial charge >= 0.3 is 0 Å². The second-order valence-electron chi connectivity index (χ2n) is 5.64. The van der Waals surface area contributed by atoms with Gasteiger partial charge in [0.15, 0.2) is 18.2 Å². The molecule has 3 nitrogen and oxygen atoms in total. The van der Waals surface area contributed by atoms with E-state index in [1.165, 1.54) is 12.1 Å². The van der Waals surface area contributed by atoms with Crippen LogP contribution in [0.2, 0.25) is 0 Å². The second-order valence-corrected chi connectivity index (χ2v) is 5.64. The van der Waals surface area contributed by atoms with Crippen LogP contribution in [0, 0.1) is 11.7 Å². The summed E-state index contributed by atoms with van der Waals surface area (Å²) in [5, 5.41) is 0. The quantitative estimate of drug-likeness (QED) is 0.846. The van der Waals surface area contributed by atoms with E-state index < -0.39 is 5.82 Å². The normalized spacial score (nSPS) is 22.4. The maximum atomic E-state index is 13.4. The Morgan fingerprint density at radius 1 is 1.30 bits per heavy atom. The van der Waals surface area contributed by atoms with E-state index in [-0.39, 0.29) is 18.3 Å². The lowest BCUT2D eigenvalue weighted by molar-refractivity contribution is -0.134. The molecule has 0 aromatic heterocycles. The summed E-state index contributed by atoms with van der Waals surface area (Å²) in [7, 11) is 1.81. The predicted octanol–water partition coefficient (Wildman–Crippen LogP) is 3.24. The summed E-state index contributed by atoms with van der Waals surface area (Å²) in [6.07, 6.45) is 4.42. The fourth-order valence-corrected chi connectivity index (χ4v) is 2.64. The Labute approximate surface area is 119 Å². The molecule has 2 rings (SSSR count). The summed E-state index contributed by atoms with van der Waals surface area (Å²) < 4.78 is 18.7.